The second kappa shape index (κ2) is 6.57. The van der Waals surface area contributed by atoms with Gasteiger partial charge in [0.2, 0.25) is 0 Å². The zero-order valence-corrected chi connectivity index (χ0v) is 14.9. The fourth-order valence-electron chi connectivity index (χ4n) is 3.60. The number of fused-ring (bicyclic) bond motifs is 1. The van der Waals surface area contributed by atoms with Gasteiger partial charge in [0.1, 0.15) is 17.6 Å². The van der Waals surface area contributed by atoms with Gasteiger partial charge in [-0.2, -0.15) is 0 Å². The minimum absolute atomic E-state index is 0.131. The number of aliphatic imine (C=N–C) groups is 1. The molecule has 0 saturated heterocycles. The summed E-state index contributed by atoms with van der Waals surface area (Å²) in [6, 6.07) is 3.34. The van der Waals surface area contributed by atoms with E-state index in [-0.39, 0.29) is 29.5 Å². The van der Waals surface area contributed by atoms with E-state index in [9.17, 15) is 18.0 Å². The summed E-state index contributed by atoms with van der Waals surface area (Å²) in [7, 11) is 0. The Morgan fingerprint density at radius 1 is 1.36 bits per heavy atom. The highest BCUT2D eigenvalue weighted by Crippen LogP contribution is 2.56. The number of aromatic nitrogens is 2. The van der Waals surface area contributed by atoms with E-state index in [1.807, 2.05) is 0 Å². The normalized spacial score (nSPS) is 25.7. The maximum atomic E-state index is 14.6. The largest absolute Gasteiger partial charge is 0.462 e. The molecular formula is C19H17F3N4O2. The van der Waals surface area contributed by atoms with Gasteiger partial charge in [-0.1, -0.05) is 6.07 Å². The first-order valence-electron chi connectivity index (χ1n) is 8.72. The first-order chi connectivity index (χ1) is 13.3. The second-order valence-electron chi connectivity index (χ2n) is 7.03. The molecule has 3 atom stereocenters. The van der Waals surface area contributed by atoms with Gasteiger partial charge in [0.05, 0.1) is 11.9 Å². The molecule has 2 aromatic rings. The minimum atomic E-state index is -2.98. The van der Waals surface area contributed by atoms with Crippen LogP contribution in [0.1, 0.15) is 33.7 Å². The molecular weight excluding hydrogens is 373 g/mol. The van der Waals surface area contributed by atoms with Crippen molar-refractivity contribution in [2.45, 2.75) is 37.8 Å². The van der Waals surface area contributed by atoms with E-state index in [0.717, 1.165) is 6.07 Å². The van der Waals surface area contributed by atoms with Crippen molar-refractivity contribution < 1.29 is 22.7 Å². The summed E-state index contributed by atoms with van der Waals surface area (Å²) in [6.45, 7) is 1.74. The monoisotopic (exact) mass is 390 g/mol. The molecule has 2 N–H and O–H groups in total. The number of rotatable bonds is 5. The molecule has 1 fully saturated rings. The molecule has 0 unspecified atom stereocenters. The lowest BCUT2D eigenvalue weighted by atomic mass is 9.83. The van der Waals surface area contributed by atoms with Crippen molar-refractivity contribution in [3.8, 4) is 0 Å². The van der Waals surface area contributed by atoms with Gasteiger partial charge in [0.25, 0.3) is 12.4 Å². The second-order valence-corrected chi connectivity index (χ2v) is 7.03. The number of halogens is 3. The first kappa shape index (κ1) is 18.4. The van der Waals surface area contributed by atoms with E-state index in [2.05, 4.69) is 15.0 Å². The highest BCUT2D eigenvalue weighted by Gasteiger charge is 2.64. The van der Waals surface area contributed by atoms with Crippen molar-refractivity contribution in [2.24, 2.45) is 16.6 Å². The van der Waals surface area contributed by atoms with E-state index >= 15 is 0 Å². The number of alkyl halides is 2. The van der Waals surface area contributed by atoms with Crippen LogP contribution in [0.4, 0.5) is 13.2 Å². The fourth-order valence-corrected chi connectivity index (χ4v) is 3.60. The van der Waals surface area contributed by atoms with E-state index in [0.29, 0.717) is 17.7 Å². The van der Waals surface area contributed by atoms with Crippen LogP contribution < -0.4 is 5.73 Å². The summed E-state index contributed by atoms with van der Waals surface area (Å²) in [5.41, 5.74) is 4.36. The van der Waals surface area contributed by atoms with Crippen LogP contribution >= 0.6 is 0 Å². The Kier molecular flexibility index (Phi) is 4.32. The van der Waals surface area contributed by atoms with Crippen molar-refractivity contribution in [2.75, 3.05) is 0 Å². The number of benzene rings is 1. The average Bonchev–Trinajstić information content (AvgIpc) is 3.42. The third-order valence-corrected chi connectivity index (χ3v) is 5.09. The molecule has 0 radical (unpaired) electrons. The van der Waals surface area contributed by atoms with Crippen LogP contribution in [0.15, 0.2) is 35.6 Å². The molecule has 1 saturated carbocycles. The molecule has 2 heterocycles. The van der Waals surface area contributed by atoms with Crippen LogP contribution in [0.5, 0.6) is 0 Å². The van der Waals surface area contributed by atoms with Crippen LogP contribution in [-0.2, 0) is 16.7 Å². The summed E-state index contributed by atoms with van der Waals surface area (Å²) in [4.78, 5) is 24.3. The quantitative estimate of drug-likeness (QED) is 0.793. The molecule has 9 heteroatoms. The Labute approximate surface area is 158 Å². The predicted molar refractivity (Wildman–Crippen MR) is 93.5 cm³/mol. The zero-order valence-electron chi connectivity index (χ0n) is 14.9. The lowest BCUT2D eigenvalue weighted by Crippen LogP contribution is -2.43. The molecule has 146 valence electrons. The summed E-state index contributed by atoms with van der Waals surface area (Å²) < 4.78 is 48.0. The van der Waals surface area contributed by atoms with Gasteiger partial charge >= 0.3 is 0 Å². The number of hydrogen-bond acceptors (Lipinski definition) is 6. The molecule has 1 aromatic heterocycles. The molecule has 0 bridgehead atoms. The Bertz CT molecular complexity index is 964. The van der Waals surface area contributed by atoms with Crippen molar-refractivity contribution in [1.82, 2.24) is 9.97 Å². The Morgan fingerprint density at radius 2 is 2.14 bits per heavy atom. The van der Waals surface area contributed by atoms with E-state index < -0.39 is 29.8 Å². The van der Waals surface area contributed by atoms with Gasteiger partial charge in [-0.05, 0) is 31.0 Å². The van der Waals surface area contributed by atoms with Crippen LogP contribution in [0, 0.1) is 18.7 Å². The molecule has 1 aromatic carbocycles. The summed E-state index contributed by atoms with van der Waals surface area (Å²) in [5, 5.41) is 0. The summed E-state index contributed by atoms with van der Waals surface area (Å²) >= 11 is 0. The molecule has 28 heavy (non-hydrogen) atoms. The van der Waals surface area contributed by atoms with Crippen molar-refractivity contribution >= 4 is 11.8 Å². The smallest absolute Gasteiger partial charge is 0.283 e. The van der Waals surface area contributed by atoms with Gasteiger partial charge in [0.15, 0.2) is 11.3 Å². The van der Waals surface area contributed by atoms with Gasteiger partial charge < -0.3 is 10.5 Å². The molecule has 2 aliphatic rings. The third kappa shape index (κ3) is 3.00. The molecule has 0 spiro atoms. The molecule has 1 aliphatic heterocycles. The van der Waals surface area contributed by atoms with Gasteiger partial charge in [-0.3, -0.25) is 9.78 Å². The van der Waals surface area contributed by atoms with Crippen LogP contribution in [0.25, 0.3) is 0 Å². The highest BCUT2D eigenvalue weighted by atomic mass is 19.3. The lowest BCUT2D eigenvalue weighted by Gasteiger charge is -2.33. The molecule has 0 amide bonds. The van der Waals surface area contributed by atoms with Gasteiger partial charge in [-0.25, -0.2) is 23.1 Å². The van der Waals surface area contributed by atoms with Crippen LogP contribution in [0.2, 0.25) is 0 Å². The Morgan fingerprint density at radius 3 is 2.82 bits per heavy atom. The van der Waals surface area contributed by atoms with E-state index in [1.54, 1.807) is 6.92 Å². The van der Waals surface area contributed by atoms with E-state index in [1.165, 1.54) is 24.5 Å². The molecule has 4 rings (SSSR count). The lowest BCUT2D eigenvalue weighted by molar-refractivity contribution is 0.0176. The highest BCUT2D eigenvalue weighted by molar-refractivity contribution is 5.95. The van der Waals surface area contributed by atoms with Crippen molar-refractivity contribution in [1.29, 1.82) is 0 Å². The first-order valence-corrected chi connectivity index (χ1v) is 8.72. The SMILES string of the molecule is Cc1cnc(C(=O)Cc2ccc(F)c([C@@]3(C(F)F)N=C(N)O[C@@H]4C[C@@H]43)c2)cn1. The number of carbonyl (C=O) groups is 1. The third-order valence-electron chi connectivity index (χ3n) is 5.09. The van der Waals surface area contributed by atoms with Crippen molar-refractivity contribution in [3.63, 3.8) is 0 Å². The van der Waals surface area contributed by atoms with E-state index in [4.69, 9.17) is 10.5 Å². The molecule has 6 nitrogen and oxygen atoms in total. The van der Waals surface area contributed by atoms with Crippen molar-refractivity contribution in [3.05, 3.63) is 58.9 Å². The number of carbonyl (C=O) groups excluding carboxylic acids is 1. The fraction of sp³-hybridized carbons (Fsp3) is 0.368. The molecule has 1 aliphatic carbocycles. The summed E-state index contributed by atoms with van der Waals surface area (Å²) in [6.07, 6.45) is -0.486. The number of nitrogens with zero attached hydrogens (tertiary/aromatic N) is 3. The number of hydrogen-bond donors (Lipinski definition) is 1. The predicted octanol–water partition coefficient (Wildman–Crippen LogP) is 2.54. The number of amidine groups is 1. The van der Waals surface area contributed by atoms with Crippen LogP contribution in [0.3, 0.4) is 0 Å². The average molecular weight is 390 g/mol. The Balaban J connectivity index is 1.70. The number of aryl methyl sites for hydroxylation is 1. The number of ether oxygens (including phenoxy) is 1. The topological polar surface area (TPSA) is 90.5 Å². The number of ketones is 1. The standard InChI is InChI=1S/C19H17F3N4O2/c1-9-7-25-14(8-24-9)15(27)5-10-2-3-13(20)11(4-10)19(17(21)22)12-6-16(12)28-18(23)26-19/h2-4,7-8,12,16-17H,5-6H2,1H3,(H2,23,26)/t12-,16+,19+/m0/s1. The Hall–Kier alpha value is -2.97. The maximum Gasteiger partial charge on any atom is 0.283 e. The maximum absolute atomic E-state index is 14.6. The zero-order chi connectivity index (χ0) is 20.1. The van der Waals surface area contributed by atoms with Gasteiger partial charge in [0, 0.05) is 24.1 Å². The minimum Gasteiger partial charge on any atom is -0.462 e. The van der Waals surface area contributed by atoms with Crippen LogP contribution in [-0.4, -0.2) is 34.3 Å². The summed E-state index contributed by atoms with van der Waals surface area (Å²) in [5.74, 6) is -1.84. The number of nitrogens with two attached hydrogens (primary N) is 1. The number of Topliss-reactive ketones (excluding diaryl/α,β-unsaturated/α-hetero) is 1. The van der Waals surface area contributed by atoms with Gasteiger partial charge in [-0.15, -0.1) is 0 Å².